The summed E-state index contributed by atoms with van der Waals surface area (Å²) < 4.78 is 17.4. The lowest BCUT2D eigenvalue weighted by Crippen LogP contribution is -2.25. The molecule has 26 heavy (non-hydrogen) atoms. The summed E-state index contributed by atoms with van der Waals surface area (Å²) >= 11 is 0. The second-order valence-corrected chi connectivity index (χ2v) is 7.89. The summed E-state index contributed by atoms with van der Waals surface area (Å²) in [6.45, 7) is 5.82. The van der Waals surface area contributed by atoms with Crippen molar-refractivity contribution in [3.05, 3.63) is 12.2 Å². The van der Waals surface area contributed by atoms with Gasteiger partial charge in [0.25, 0.3) is 0 Å². The maximum Gasteiger partial charge on any atom is 0.330 e. The summed E-state index contributed by atoms with van der Waals surface area (Å²) in [4.78, 5) is 24.5. The number of rotatable bonds is 4. The third kappa shape index (κ3) is 7.20. The van der Waals surface area contributed by atoms with Crippen LogP contribution in [0.3, 0.4) is 0 Å². The van der Waals surface area contributed by atoms with Gasteiger partial charge in [-0.2, -0.15) is 0 Å². The Bertz CT molecular complexity index is 497. The monoisotopic (exact) mass is 366 g/mol. The molecule has 2 aliphatic heterocycles. The van der Waals surface area contributed by atoms with Crippen LogP contribution in [-0.4, -0.2) is 35.9 Å². The molecule has 1 fully saturated rings. The highest BCUT2D eigenvalue weighted by Crippen LogP contribution is 2.31. The number of ether oxygens (including phenoxy) is 3. The SMILES string of the molecule is CCCCCC1CCCCCC(=O)C[C@@H]2OC(C)(C)O[C@@H]2/C=C/C(=O)O1. The minimum absolute atomic E-state index is 0.0367. The molecule has 0 aromatic rings. The molecule has 0 saturated carbocycles. The Morgan fingerprint density at radius 1 is 1.12 bits per heavy atom. The Morgan fingerprint density at radius 2 is 1.92 bits per heavy atom. The van der Waals surface area contributed by atoms with Gasteiger partial charge in [0, 0.05) is 18.9 Å². The lowest BCUT2D eigenvalue weighted by molar-refractivity contribution is -0.147. The summed E-state index contributed by atoms with van der Waals surface area (Å²) in [6.07, 6.45) is 11.3. The number of Topliss-reactive ketones (excluding diaryl/α,β-unsaturated/α-hetero) is 1. The van der Waals surface area contributed by atoms with Gasteiger partial charge in [-0.15, -0.1) is 0 Å². The maximum absolute atomic E-state index is 12.3. The van der Waals surface area contributed by atoms with Gasteiger partial charge in [-0.1, -0.05) is 26.2 Å². The van der Waals surface area contributed by atoms with E-state index < -0.39 is 11.9 Å². The number of ketones is 1. The number of cyclic esters (lactones) is 1. The number of hydrogen-bond donors (Lipinski definition) is 0. The van der Waals surface area contributed by atoms with Crippen molar-refractivity contribution in [1.29, 1.82) is 0 Å². The molecule has 1 unspecified atom stereocenters. The second-order valence-electron chi connectivity index (χ2n) is 7.89. The molecule has 3 atom stereocenters. The molecule has 0 bridgehead atoms. The van der Waals surface area contributed by atoms with Crippen molar-refractivity contribution in [2.45, 2.75) is 109 Å². The average Bonchev–Trinajstić information content (AvgIpc) is 2.85. The van der Waals surface area contributed by atoms with Crippen LogP contribution >= 0.6 is 0 Å². The first kappa shape index (κ1) is 21.1. The van der Waals surface area contributed by atoms with Gasteiger partial charge >= 0.3 is 5.97 Å². The Morgan fingerprint density at radius 3 is 2.69 bits per heavy atom. The third-order valence-corrected chi connectivity index (χ3v) is 4.97. The van der Waals surface area contributed by atoms with Crippen LogP contribution in [0.25, 0.3) is 0 Å². The molecule has 1 saturated heterocycles. The molecule has 148 valence electrons. The van der Waals surface area contributed by atoms with E-state index in [0.29, 0.717) is 12.8 Å². The van der Waals surface area contributed by atoms with Crippen LogP contribution in [0.2, 0.25) is 0 Å². The van der Waals surface area contributed by atoms with E-state index in [4.69, 9.17) is 14.2 Å². The van der Waals surface area contributed by atoms with Crippen molar-refractivity contribution in [1.82, 2.24) is 0 Å². The maximum atomic E-state index is 12.3. The molecule has 2 heterocycles. The van der Waals surface area contributed by atoms with Crippen molar-refractivity contribution < 1.29 is 23.8 Å². The molecule has 0 spiro atoms. The molecule has 0 radical (unpaired) electrons. The number of esters is 1. The van der Waals surface area contributed by atoms with Gasteiger partial charge in [0.05, 0.1) is 6.10 Å². The fourth-order valence-electron chi connectivity index (χ4n) is 3.64. The van der Waals surface area contributed by atoms with Crippen molar-refractivity contribution in [3.63, 3.8) is 0 Å². The van der Waals surface area contributed by atoms with Crippen molar-refractivity contribution >= 4 is 11.8 Å². The van der Waals surface area contributed by atoms with Gasteiger partial charge in [0.1, 0.15) is 18.0 Å². The highest BCUT2D eigenvalue weighted by Gasteiger charge is 2.40. The van der Waals surface area contributed by atoms with E-state index in [2.05, 4.69) is 6.92 Å². The minimum Gasteiger partial charge on any atom is -0.459 e. The zero-order valence-electron chi connectivity index (χ0n) is 16.5. The topological polar surface area (TPSA) is 61.8 Å². The first-order valence-corrected chi connectivity index (χ1v) is 10.2. The molecule has 0 aliphatic carbocycles. The zero-order valence-corrected chi connectivity index (χ0v) is 16.5. The molecule has 5 nitrogen and oxygen atoms in total. The molecule has 0 amide bonds. The van der Waals surface area contributed by atoms with E-state index >= 15 is 0 Å². The van der Waals surface area contributed by atoms with E-state index in [-0.39, 0.29) is 24.0 Å². The van der Waals surface area contributed by atoms with E-state index in [1.807, 2.05) is 13.8 Å². The lowest BCUT2D eigenvalue weighted by Gasteiger charge is -2.18. The summed E-state index contributed by atoms with van der Waals surface area (Å²) in [6, 6.07) is 0. The van der Waals surface area contributed by atoms with Crippen LogP contribution in [0.15, 0.2) is 12.2 Å². The van der Waals surface area contributed by atoms with Crippen LogP contribution in [0, 0.1) is 0 Å². The molecular formula is C21H34O5. The van der Waals surface area contributed by atoms with E-state index in [1.54, 1.807) is 6.08 Å². The van der Waals surface area contributed by atoms with Crippen LogP contribution in [0.1, 0.15) is 85.0 Å². The van der Waals surface area contributed by atoms with Crippen molar-refractivity contribution in [2.75, 3.05) is 0 Å². The normalized spacial score (nSPS) is 31.7. The number of fused-ring (bicyclic) bond motifs is 1. The quantitative estimate of drug-likeness (QED) is 0.542. The summed E-state index contributed by atoms with van der Waals surface area (Å²) in [5.41, 5.74) is 0. The molecule has 2 aliphatic rings. The Hall–Kier alpha value is -1.20. The summed E-state index contributed by atoms with van der Waals surface area (Å²) in [7, 11) is 0. The molecule has 5 heteroatoms. The van der Waals surface area contributed by atoms with Crippen LogP contribution < -0.4 is 0 Å². The average molecular weight is 366 g/mol. The van der Waals surface area contributed by atoms with Gasteiger partial charge in [-0.3, -0.25) is 4.79 Å². The number of carbonyl (C=O) groups excluding carboxylic acids is 2. The van der Waals surface area contributed by atoms with E-state index in [0.717, 1.165) is 51.4 Å². The minimum atomic E-state index is -0.750. The zero-order chi connectivity index (χ0) is 19.0. The fraction of sp³-hybridized carbons (Fsp3) is 0.810. The molecular weight excluding hydrogens is 332 g/mol. The fourth-order valence-corrected chi connectivity index (χ4v) is 3.64. The third-order valence-electron chi connectivity index (χ3n) is 4.97. The van der Waals surface area contributed by atoms with Crippen LogP contribution in [0.5, 0.6) is 0 Å². The predicted molar refractivity (Wildman–Crippen MR) is 99.7 cm³/mol. The number of carbonyl (C=O) groups is 2. The van der Waals surface area contributed by atoms with Gasteiger partial charge in [-0.05, 0) is 52.0 Å². The molecule has 0 aromatic heterocycles. The first-order chi connectivity index (χ1) is 12.4. The van der Waals surface area contributed by atoms with Crippen molar-refractivity contribution in [3.8, 4) is 0 Å². The van der Waals surface area contributed by atoms with E-state index in [9.17, 15) is 9.59 Å². The summed E-state index contributed by atoms with van der Waals surface area (Å²) in [5, 5.41) is 0. The second kappa shape index (κ2) is 10.2. The molecule has 0 N–H and O–H groups in total. The van der Waals surface area contributed by atoms with Gasteiger partial charge < -0.3 is 14.2 Å². The van der Waals surface area contributed by atoms with Gasteiger partial charge in [-0.25, -0.2) is 4.79 Å². The lowest BCUT2D eigenvalue weighted by atomic mass is 10.00. The Labute approximate surface area is 157 Å². The van der Waals surface area contributed by atoms with Crippen LogP contribution in [-0.2, 0) is 23.8 Å². The molecule has 2 rings (SSSR count). The Balaban J connectivity index is 2.04. The summed E-state index contributed by atoms with van der Waals surface area (Å²) in [5.74, 6) is -0.878. The van der Waals surface area contributed by atoms with E-state index in [1.165, 1.54) is 6.08 Å². The number of hydrogen-bond acceptors (Lipinski definition) is 5. The smallest absolute Gasteiger partial charge is 0.330 e. The highest BCUT2D eigenvalue weighted by molar-refractivity contribution is 5.82. The van der Waals surface area contributed by atoms with Crippen molar-refractivity contribution in [2.24, 2.45) is 0 Å². The van der Waals surface area contributed by atoms with Gasteiger partial charge in [0.15, 0.2) is 5.79 Å². The predicted octanol–water partition coefficient (Wildman–Crippen LogP) is 4.48. The first-order valence-electron chi connectivity index (χ1n) is 10.2. The largest absolute Gasteiger partial charge is 0.459 e. The highest BCUT2D eigenvalue weighted by atomic mass is 16.7. The standard InChI is InChI=1S/C21H34O5/c1-4-5-7-11-17-12-9-6-8-10-16(22)15-19-18(13-14-20(23)24-17)25-21(2,3)26-19/h13-14,17-19H,4-12,15H2,1-3H3/b14-13+/t17?,18-,19+/m1/s1. The molecule has 0 aromatic carbocycles. The number of unbranched alkanes of at least 4 members (excludes halogenated alkanes) is 2. The van der Waals surface area contributed by atoms with Crippen LogP contribution in [0.4, 0.5) is 0 Å². The van der Waals surface area contributed by atoms with Gasteiger partial charge in [0.2, 0.25) is 0 Å². The Kier molecular flexibility index (Phi) is 8.29.